The summed E-state index contributed by atoms with van der Waals surface area (Å²) in [7, 11) is 0. The summed E-state index contributed by atoms with van der Waals surface area (Å²) in [6.45, 7) is 13.9. The van der Waals surface area contributed by atoms with Gasteiger partial charge in [-0.15, -0.1) is 0 Å². The summed E-state index contributed by atoms with van der Waals surface area (Å²) in [4.78, 5) is 40.5. The molecule has 2 aliphatic heterocycles. The Morgan fingerprint density at radius 3 is 2.06 bits per heavy atom. The van der Waals surface area contributed by atoms with Crippen LogP contribution in [0.5, 0.6) is 0 Å². The molecule has 3 N–H and O–H groups in total. The van der Waals surface area contributed by atoms with Gasteiger partial charge in [0, 0.05) is 38.1 Å². The molecule has 2 saturated heterocycles. The van der Waals surface area contributed by atoms with Crippen molar-refractivity contribution in [1.29, 1.82) is 0 Å². The summed E-state index contributed by atoms with van der Waals surface area (Å²) < 4.78 is 11.7. The molecule has 11 heteroatoms. The predicted molar refractivity (Wildman–Crippen MR) is 123 cm³/mol. The Morgan fingerprint density at radius 1 is 0.970 bits per heavy atom. The van der Waals surface area contributed by atoms with Crippen LogP contribution in [0.4, 0.5) is 14.4 Å². The van der Waals surface area contributed by atoms with Crippen molar-refractivity contribution in [2.45, 2.75) is 77.7 Å². The summed E-state index contributed by atoms with van der Waals surface area (Å²) >= 11 is 0. The van der Waals surface area contributed by atoms with E-state index in [4.69, 9.17) is 9.47 Å². The number of nitrogens with zero attached hydrogens (tertiary/aromatic N) is 3. The highest BCUT2D eigenvalue weighted by molar-refractivity contribution is 5.77. The third kappa shape index (κ3) is 10.1. The van der Waals surface area contributed by atoms with Gasteiger partial charge >= 0.3 is 18.2 Å². The van der Waals surface area contributed by atoms with Crippen LogP contribution in [0, 0.1) is 0 Å². The molecule has 2 fully saturated rings. The molecule has 3 amide bonds. The highest BCUT2D eigenvalue weighted by atomic mass is 16.6. The second-order valence-electron chi connectivity index (χ2n) is 10.2. The quantitative estimate of drug-likeness (QED) is 0.610. The van der Waals surface area contributed by atoms with E-state index < -0.39 is 17.3 Å². The number of amides is 3. The van der Waals surface area contributed by atoms with Gasteiger partial charge in [-0.3, -0.25) is 4.57 Å². The minimum atomic E-state index is -0.519. The van der Waals surface area contributed by atoms with Crippen molar-refractivity contribution in [3.05, 3.63) is 18.7 Å². The Balaban J connectivity index is 0.000000257. The summed E-state index contributed by atoms with van der Waals surface area (Å²) in [6.07, 6.45) is 5.58. The molecule has 186 valence electrons. The number of carbonyl (C=O) groups is 3. The lowest BCUT2D eigenvalue weighted by Gasteiger charge is -2.22. The van der Waals surface area contributed by atoms with E-state index in [0.717, 1.165) is 25.9 Å². The maximum atomic E-state index is 12.1. The molecular formula is C22H38N6O5. The molecule has 0 aromatic carbocycles. The number of likely N-dealkylation sites (tertiary alicyclic amines) is 1. The zero-order valence-corrected chi connectivity index (χ0v) is 20.5. The number of hydrogen-bond donors (Lipinski definition) is 3. The number of ether oxygens (including phenoxy) is 2. The van der Waals surface area contributed by atoms with Crippen molar-refractivity contribution in [2.75, 3.05) is 26.2 Å². The van der Waals surface area contributed by atoms with E-state index in [0.29, 0.717) is 13.1 Å². The van der Waals surface area contributed by atoms with E-state index in [-0.39, 0.29) is 24.2 Å². The first kappa shape index (κ1) is 26.4. The smallest absolute Gasteiger partial charge is 0.407 e. The van der Waals surface area contributed by atoms with Crippen LogP contribution in [-0.2, 0) is 9.47 Å². The summed E-state index contributed by atoms with van der Waals surface area (Å²) in [5.41, 5.74) is -0.925. The third-order valence-corrected chi connectivity index (χ3v) is 4.69. The first-order chi connectivity index (χ1) is 15.3. The number of carbonyl (C=O) groups excluding carboxylic acids is 3. The Labute approximate surface area is 195 Å². The number of hydrogen-bond acceptors (Lipinski definition) is 7. The molecular weight excluding hydrogens is 428 g/mol. The van der Waals surface area contributed by atoms with Crippen molar-refractivity contribution in [3.8, 4) is 0 Å². The minimum Gasteiger partial charge on any atom is -0.444 e. The third-order valence-electron chi connectivity index (χ3n) is 4.69. The Morgan fingerprint density at radius 2 is 1.58 bits per heavy atom. The van der Waals surface area contributed by atoms with E-state index >= 15 is 0 Å². The summed E-state index contributed by atoms with van der Waals surface area (Å²) in [5.74, 6) is 0. The van der Waals surface area contributed by atoms with Crippen molar-refractivity contribution in [2.24, 2.45) is 0 Å². The number of nitrogens with one attached hydrogen (secondary N) is 3. The molecule has 1 aromatic heterocycles. The monoisotopic (exact) mass is 466 g/mol. The van der Waals surface area contributed by atoms with Gasteiger partial charge in [-0.2, -0.15) is 0 Å². The van der Waals surface area contributed by atoms with Gasteiger partial charge in [0.15, 0.2) is 0 Å². The largest absolute Gasteiger partial charge is 0.444 e. The molecule has 0 saturated carbocycles. The summed E-state index contributed by atoms with van der Waals surface area (Å²) in [5, 5.41) is 8.77. The van der Waals surface area contributed by atoms with Crippen LogP contribution in [0.2, 0.25) is 0 Å². The van der Waals surface area contributed by atoms with Gasteiger partial charge in [-0.1, -0.05) is 0 Å². The van der Waals surface area contributed by atoms with Crippen LogP contribution in [-0.4, -0.2) is 82.1 Å². The van der Waals surface area contributed by atoms with Gasteiger partial charge in [0.2, 0.25) is 0 Å². The second-order valence-corrected chi connectivity index (χ2v) is 10.2. The van der Waals surface area contributed by atoms with Crippen LogP contribution in [0.25, 0.3) is 0 Å². The van der Waals surface area contributed by atoms with E-state index in [2.05, 4.69) is 20.9 Å². The van der Waals surface area contributed by atoms with Crippen molar-refractivity contribution >= 4 is 18.2 Å². The number of rotatable bonds is 2. The molecule has 3 rings (SSSR count). The number of aromatic nitrogens is 2. The van der Waals surface area contributed by atoms with Crippen molar-refractivity contribution < 1.29 is 23.9 Å². The maximum Gasteiger partial charge on any atom is 0.407 e. The van der Waals surface area contributed by atoms with Gasteiger partial charge in [-0.05, 0) is 60.9 Å². The number of alkyl carbamates (subject to hydrolysis) is 2. The molecule has 0 radical (unpaired) electrons. The van der Waals surface area contributed by atoms with Crippen LogP contribution in [0.3, 0.4) is 0 Å². The average molecular weight is 467 g/mol. The van der Waals surface area contributed by atoms with Gasteiger partial charge in [0.1, 0.15) is 17.5 Å². The normalized spacial score (nSPS) is 20.5. The molecule has 33 heavy (non-hydrogen) atoms. The van der Waals surface area contributed by atoms with E-state index in [1.807, 2.05) is 41.5 Å². The van der Waals surface area contributed by atoms with Crippen LogP contribution in [0.1, 0.15) is 54.4 Å². The van der Waals surface area contributed by atoms with Crippen LogP contribution < -0.4 is 16.0 Å². The van der Waals surface area contributed by atoms with Gasteiger partial charge in [0.25, 0.3) is 0 Å². The average Bonchev–Trinajstić information content (AvgIpc) is 3.41. The fourth-order valence-corrected chi connectivity index (χ4v) is 3.31. The molecule has 2 atom stereocenters. The lowest BCUT2D eigenvalue weighted by Crippen LogP contribution is -2.41. The minimum absolute atomic E-state index is 0.0719. The summed E-state index contributed by atoms with van der Waals surface area (Å²) in [6, 6.07) is 0.0307. The Hall–Kier alpha value is -2.82. The van der Waals surface area contributed by atoms with Crippen molar-refractivity contribution in [1.82, 2.24) is 30.4 Å². The highest BCUT2D eigenvalue weighted by Gasteiger charge is 2.29. The molecule has 3 heterocycles. The Kier molecular flexibility index (Phi) is 9.09. The highest BCUT2D eigenvalue weighted by Crippen LogP contribution is 2.13. The standard InChI is InChI=1S/C13H20N4O3.C9H18N2O2/c1-13(2,3)20-11(18)15-10-4-6-16(8-10)12(19)17-7-5-14-9-17;1-9(2,3)13-8(12)11-7-4-5-10-6-7/h5,7,9-10H,4,6,8H2,1-3H3,(H,15,18);7,10H,4-6H2,1-3H3,(H,11,12). The fourth-order valence-electron chi connectivity index (χ4n) is 3.31. The molecule has 0 aliphatic carbocycles. The first-order valence-corrected chi connectivity index (χ1v) is 11.3. The zero-order chi connectivity index (χ0) is 24.6. The van der Waals surface area contributed by atoms with Gasteiger partial charge < -0.3 is 30.3 Å². The van der Waals surface area contributed by atoms with E-state index in [9.17, 15) is 14.4 Å². The maximum absolute atomic E-state index is 12.1. The van der Waals surface area contributed by atoms with E-state index in [1.54, 1.807) is 17.3 Å². The van der Waals surface area contributed by atoms with Gasteiger partial charge in [0.05, 0.1) is 6.04 Å². The molecule has 2 aliphatic rings. The van der Waals surface area contributed by atoms with Crippen molar-refractivity contribution in [3.63, 3.8) is 0 Å². The van der Waals surface area contributed by atoms with Gasteiger partial charge in [-0.25, -0.2) is 19.4 Å². The predicted octanol–water partition coefficient (Wildman–Crippen LogP) is 2.32. The molecule has 1 aromatic rings. The fraction of sp³-hybridized carbons (Fsp3) is 0.727. The molecule has 0 bridgehead atoms. The molecule has 2 unspecified atom stereocenters. The topological polar surface area (TPSA) is 127 Å². The lowest BCUT2D eigenvalue weighted by molar-refractivity contribution is 0.0495. The molecule has 11 nitrogen and oxygen atoms in total. The second kappa shape index (κ2) is 11.4. The Bertz CT molecular complexity index is 778. The lowest BCUT2D eigenvalue weighted by atomic mass is 10.2. The molecule has 0 spiro atoms. The SMILES string of the molecule is CC(C)(C)OC(=O)NC1CCN(C(=O)n2ccnc2)C1.CC(C)(C)OC(=O)NC1CCNC1. The number of imidazole rings is 1. The van der Waals surface area contributed by atoms with Crippen LogP contribution >= 0.6 is 0 Å². The van der Waals surface area contributed by atoms with E-state index in [1.165, 1.54) is 10.9 Å². The first-order valence-electron chi connectivity index (χ1n) is 11.3. The van der Waals surface area contributed by atoms with Crippen LogP contribution in [0.15, 0.2) is 18.7 Å². The zero-order valence-electron chi connectivity index (χ0n) is 20.5.